The van der Waals surface area contributed by atoms with Crippen molar-refractivity contribution < 1.29 is 19.4 Å². The number of nitrogens with one attached hydrogen (secondary N) is 2. The number of carboxylic acid groups (broad SMARTS) is 1. The highest BCUT2D eigenvalue weighted by Crippen LogP contribution is 2.06. The fourth-order valence-corrected chi connectivity index (χ4v) is 1.19. The molecule has 0 aliphatic carbocycles. The number of amides is 1. The molecule has 0 saturated carbocycles. The van der Waals surface area contributed by atoms with E-state index in [2.05, 4.69) is 15.6 Å². The first kappa shape index (κ1) is 17.2. The van der Waals surface area contributed by atoms with Gasteiger partial charge in [-0.1, -0.05) is 0 Å². The molecule has 0 atom stereocenters. The third-order valence-corrected chi connectivity index (χ3v) is 1.95. The highest BCUT2D eigenvalue weighted by Gasteiger charge is 2.17. The van der Waals surface area contributed by atoms with Gasteiger partial charge in [0.05, 0.1) is 0 Å². The molecule has 0 spiro atoms. The molecular formula is C12H23N3O4. The van der Waals surface area contributed by atoms with Crippen molar-refractivity contribution in [3.05, 3.63) is 0 Å². The number of rotatable bonds is 5. The Hall–Kier alpha value is -1.79. The minimum atomic E-state index is -0.809. The van der Waals surface area contributed by atoms with Crippen molar-refractivity contribution in [2.24, 2.45) is 4.99 Å². The Morgan fingerprint density at radius 3 is 2.37 bits per heavy atom. The van der Waals surface area contributed by atoms with Crippen LogP contribution in [-0.2, 0) is 9.53 Å². The SMILES string of the molecule is C/N=C(/NCCCCC(=O)O)NC(=O)OC(C)(C)C. The molecule has 3 N–H and O–H groups in total. The number of hydrogen-bond donors (Lipinski definition) is 3. The topological polar surface area (TPSA) is 100 Å². The van der Waals surface area contributed by atoms with E-state index >= 15 is 0 Å². The van der Waals surface area contributed by atoms with E-state index in [9.17, 15) is 9.59 Å². The number of carboxylic acids is 1. The van der Waals surface area contributed by atoms with Crippen LogP contribution in [0.1, 0.15) is 40.0 Å². The molecule has 7 heteroatoms. The maximum atomic E-state index is 11.5. The molecule has 0 heterocycles. The van der Waals surface area contributed by atoms with Gasteiger partial charge in [0.1, 0.15) is 5.60 Å². The number of ether oxygens (including phenoxy) is 1. The average Bonchev–Trinajstić information content (AvgIpc) is 2.24. The number of guanidine groups is 1. The summed E-state index contributed by atoms with van der Waals surface area (Å²) in [6.07, 6.45) is 0.818. The van der Waals surface area contributed by atoms with E-state index in [0.29, 0.717) is 25.3 Å². The van der Waals surface area contributed by atoms with Gasteiger partial charge in [-0.25, -0.2) is 4.79 Å². The lowest BCUT2D eigenvalue weighted by molar-refractivity contribution is -0.137. The number of unbranched alkanes of at least 4 members (excludes halogenated alkanes) is 1. The lowest BCUT2D eigenvalue weighted by Crippen LogP contribution is -2.43. The van der Waals surface area contributed by atoms with Gasteiger partial charge in [0, 0.05) is 20.0 Å². The summed E-state index contributed by atoms with van der Waals surface area (Å²) in [6, 6.07) is 0. The van der Waals surface area contributed by atoms with Gasteiger partial charge >= 0.3 is 12.1 Å². The van der Waals surface area contributed by atoms with Gasteiger partial charge in [-0.05, 0) is 33.6 Å². The van der Waals surface area contributed by atoms with Crippen molar-refractivity contribution in [1.82, 2.24) is 10.6 Å². The Bertz CT molecular complexity index is 334. The monoisotopic (exact) mass is 273 g/mol. The van der Waals surface area contributed by atoms with Crippen LogP contribution < -0.4 is 10.6 Å². The molecule has 0 aromatic heterocycles. The summed E-state index contributed by atoms with van der Waals surface area (Å²) in [7, 11) is 1.54. The van der Waals surface area contributed by atoms with E-state index in [1.165, 1.54) is 7.05 Å². The van der Waals surface area contributed by atoms with Crippen LogP contribution in [0.2, 0.25) is 0 Å². The van der Waals surface area contributed by atoms with Gasteiger partial charge < -0.3 is 15.2 Å². The van der Waals surface area contributed by atoms with E-state index in [4.69, 9.17) is 9.84 Å². The van der Waals surface area contributed by atoms with Crippen molar-refractivity contribution in [2.75, 3.05) is 13.6 Å². The molecule has 0 aromatic rings. The minimum absolute atomic E-state index is 0.139. The molecule has 0 radical (unpaired) electrons. The Labute approximate surface area is 113 Å². The predicted octanol–water partition coefficient (Wildman–Crippen LogP) is 1.34. The molecule has 0 aromatic carbocycles. The molecule has 0 unspecified atom stereocenters. The molecule has 0 saturated heterocycles. The van der Waals surface area contributed by atoms with Crippen molar-refractivity contribution in [3.63, 3.8) is 0 Å². The zero-order valence-corrected chi connectivity index (χ0v) is 11.9. The lowest BCUT2D eigenvalue weighted by Gasteiger charge is -2.20. The smallest absolute Gasteiger partial charge is 0.414 e. The number of carbonyl (C=O) groups excluding carboxylic acids is 1. The molecule has 7 nitrogen and oxygen atoms in total. The number of hydrogen-bond acceptors (Lipinski definition) is 4. The van der Waals surface area contributed by atoms with Crippen molar-refractivity contribution in [1.29, 1.82) is 0 Å². The van der Waals surface area contributed by atoms with Crippen LogP contribution in [0.25, 0.3) is 0 Å². The fourth-order valence-electron chi connectivity index (χ4n) is 1.19. The van der Waals surface area contributed by atoms with Crippen LogP contribution in [0, 0.1) is 0 Å². The van der Waals surface area contributed by atoms with Crippen molar-refractivity contribution >= 4 is 18.0 Å². The normalized spacial score (nSPS) is 11.9. The Morgan fingerprint density at radius 1 is 1.26 bits per heavy atom. The second-order valence-electron chi connectivity index (χ2n) is 4.98. The Kier molecular flexibility index (Phi) is 7.55. The van der Waals surface area contributed by atoms with Gasteiger partial charge in [0.15, 0.2) is 0 Å². The molecule has 0 aliphatic rings. The van der Waals surface area contributed by atoms with Crippen LogP contribution in [0.3, 0.4) is 0 Å². The third-order valence-electron chi connectivity index (χ3n) is 1.95. The maximum absolute atomic E-state index is 11.5. The first-order valence-electron chi connectivity index (χ1n) is 6.17. The summed E-state index contributed by atoms with van der Waals surface area (Å²) in [5, 5.41) is 13.9. The van der Waals surface area contributed by atoms with Crippen LogP contribution in [0.5, 0.6) is 0 Å². The van der Waals surface area contributed by atoms with Crippen molar-refractivity contribution in [3.8, 4) is 0 Å². The summed E-state index contributed by atoms with van der Waals surface area (Å²) in [4.78, 5) is 25.7. The quantitative estimate of drug-likeness (QED) is 0.399. The standard InChI is InChI=1S/C12H23N3O4/c1-12(2,3)19-11(18)15-10(13-4)14-8-6-5-7-9(16)17/h5-8H2,1-4H3,(H,16,17)(H2,13,14,15,18). The highest BCUT2D eigenvalue weighted by atomic mass is 16.6. The zero-order chi connectivity index (χ0) is 14.9. The maximum Gasteiger partial charge on any atom is 0.414 e. The van der Waals surface area contributed by atoms with Crippen LogP contribution in [0.4, 0.5) is 4.79 Å². The number of aliphatic carboxylic acids is 1. The Morgan fingerprint density at radius 2 is 1.89 bits per heavy atom. The summed E-state index contributed by atoms with van der Waals surface area (Å²) in [5.74, 6) is -0.499. The molecule has 19 heavy (non-hydrogen) atoms. The van der Waals surface area contributed by atoms with Crippen LogP contribution >= 0.6 is 0 Å². The predicted molar refractivity (Wildman–Crippen MR) is 72.2 cm³/mol. The molecule has 0 bridgehead atoms. The first-order chi connectivity index (χ1) is 8.74. The van der Waals surface area contributed by atoms with Gasteiger partial charge in [-0.3, -0.25) is 15.1 Å². The lowest BCUT2D eigenvalue weighted by atomic mass is 10.2. The van der Waals surface area contributed by atoms with E-state index in [-0.39, 0.29) is 6.42 Å². The minimum Gasteiger partial charge on any atom is -0.481 e. The molecule has 0 aliphatic heterocycles. The van der Waals surface area contributed by atoms with E-state index in [1.54, 1.807) is 20.8 Å². The molecule has 110 valence electrons. The molecule has 1 amide bonds. The van der Waals surface area contributed by atoms with Gasteiger partial charge in [0.2, 0.25) is 5.96 Å². The second-order valence-corrected chi connectivity index (χ2v) is 4.98. The summed E-state index contributed by atoms with van der Waals surface area (Å²) in [5.41, 5.74) is -0.565. The van der Waals surface area contributed by atoms with Crippen LogP contribution in [0.15, 0.2) is 4.99 Å². The zero-order valence-electron chi connectivity index (χ0n) is 11.9. The molecule has 0 rings (SSSR count). The highest BCUT2D eigenvalue weighted by molar-refractivity contribution is 5.93. The third kappa shape index (κ3) is 11.1. The molecular weight excluding hydrogens is 250 g/mol. The van der Waals surface area contributed by atoms with Crippen molar-refractivity contribution in [2.45, 2.75) is 45.6 Å². The summed E-state index contributed by atoms with van der Waals surface area (Å²) >= 11 is 0. The summed E-state index contributed by atoms with van der Waals surface area (Å²) < 4.78 is 5.08. The van der Waals surface area contributed by atoms with Crippen LogP contribution in [-0.4, -0.2) is 42.3 Å². The van der Waals surface area contributed by atoms with E-state index in [1.807, 2.05) is 0 Å². The van der Waals surface area contributed by atoms with E-state index < -0.39 is 17.7 Å². The largest absolute Gasteiger partial charge is 0.481 e. The number of alkyl carbamates (subject to hydrolysis) is 1. The van der Waals surface area contributed by atoms with Gasteiger partial charge in [-0.2, -0.15) is 0 Å². The second kappa shape index (κ2) is 8.34. The summed E-state index contributed by atoms with van der Waals surface area (Å²) in [6.45, 7) is 5.85. The average molecular weight is 273 g/mol. The molecule has 0 fully saturated rings. The number of aliphatic imine (C=N–C) groups is 1. The number of nitrogens with zero attached hydrogens (tertiary/aromatic N) is 1. The van der Waals surface area contributed by atoms with Gasteiger partial charge in [-0.15, -0.1) is 0 Å². The van der Waals surface area contributed by atoms with E-state index in [0.717, 1.165) is 0 Å². The Balaban J connectivity index is 3.90. The fraction of sp³-hybridized carbons (Fsp3) is 0.750. The van der Waals surface area contributed by atoms with Gasteiger partial charge in [0.25, 0.3) is 0 Å². The first-order valence-corrected chi connectivity index (χ1v) is 6.17. The number of carbonyl (C=O) groups is 2.